The van der Waals surface area contributed by atoms with Gasteiger partial charge in [0, 0.05) is 22.9 Å². The predicted molar refractivity (Wildman–Crippen MR) is 112 cm³/mol. The number of anilines is 1. The molecule has 0 saturated carbocycles. The molecule has 3 nitrogen and oxygen atoms in total. The van der Waals surface area contributed by atoms with Crippen LogP contribution in [0.5, 0.6) is 5.75 Å². The Hall–Kier alpha value is -2.81. The van der Waals surface area contributed by atoms with Crippen LogP contribution >= 0.6 is 0 Å². The maximum atomic E-state index is 12.5. The molecule has 0 bridgehead atoms. The highest BCUT2D eigenvalue weighted by atomic mass is 16.3. The highest BCUT2D eigenvalue weighted by molar-refractivity contribution is 6.04. The van der Waals surface area contributed by atoms with E-state index in [0.717, 1.165) is 28.4 Å². The van der Waals surface area contributed by atoms with E-state index in [0.29, 0.717) is 18.8 Å². The Bertz CT molecular complexity index is 943. The third-order valence-electron chi connectivity index (χ3n) is 4.79. The van der Waals surface area contributed by atoms with Crippen LogP contribution in [0.3, 0.4) is 0 Å². The molecular weight excluding hydrogens is 334 g/mol. The lowest BCUT2D eigenvalue weighted by Gasteiger charge is -2.12. The normalized spacial score (nSPS) is 11.1. The van der Waals surface area contributed by atoms with E-state index in [-0.39, 0.29) is 11.7 Å². The lowest BCUT2D eigenvalue weighted by molar-refractivity contribution is -0.116. The first kappa shape index (κ1) is 19.0. The van der Waals surface area contributed by atoms with E-state index in [1.165, 1.54) is 11.1 Å². The van der Waals surface area contributed by atoms with Crippen LogP contribution in [0.15, 0.2) is 54.6 Å². The summed E-state index contributed by atoms with van der Waals surface area (Å²) in [6.45, 7) is 6.27. The Morgan fingerprint density at radius 1 is 1.00 bits per heavy atom. The van der Waals surface area contributed by atoms with Crippen LogP contribution in [0.4, 0.5) is 5.69 Å². The maximum Gasteiger partial charge on any atom is 0.224 e. The SMILES string of the molecule is Cc1cc(NC(=O)CCc2ccc(CC(C)C)cc2)c2ccccc2c1O. The number of phenols is 1. The van der Waals surface area contributed by atoms with Gasteiger partial charge in [-0.2, -0.15) is 0 Å². The molecule has 0 aliphatic rings. The van der Waals surface area contributed by atoms with E-state index in [9.17, 15) is 9.90 Å². The second kappa shape index (κ2) is 8.26. The summed E-state index contributed by atoms with van der Waals surface area (Å²) in [5.41, 5.74) is 4.01. The zero-order valence-electron chi connectivity index (χ0n) is 16.3. The number of nitrogens with one attached hydrogen (secondary N) is 1. The van der Waals surface area contributed by atoms with Crippen molar-refractivity contribution in [2.75, 3.05) is 5.32 Å². The summed E-state index contributed by atoms with van der Waals surface area (Å²) < 4.78 is 0. The average molecular weight is 361 g/mol. The Labute approximate surface area is 161 Å². The van der Waals surface area contributed by atoms with E-state index < -0.39 is 0 Å². The molecule has 0 radical (unpaired) electrons. The molecule has 0 spiro atoms. The van der Waals surface area contributed by atoms with Gasteiger partial charge in [-0.15, -0.1) is 0 Å². The highest BCUT2D eigenvalue weighted by Crippen LogP contribution is 2.34. The van der Waals surface area contributed by atoms with Crippen LogP contribution in [0.1, 0.15) is 37.0 Å². The molecule has 0 aliphatic carbocycles. The number of rotatable bonds is 6. The smallest absolute Gasteiger partial charge is 0.224 e. The minimum atomic E-state index is -0.0171. The van der Waals surface area contributed by atoms with Gasteiger partial charge in [-0.3, -0.25) is 4.79 Å². The van der Waals surface area contributed by atoms with Gasteiger partial charge in [0.15, 0.2) is 0 Å². The number of benzene rings is 3. The summed E-state index contributed by atoms with van der Waals surface area (Å²) in [5.74, 6) is 0.895. The van der Waals surface area contributed by atoms with Gasteiger partial charge in [0.2, 0.25) is 5.91 Å². The maximum absolute atomic E-state index is 12.5. The summed E-state index contributed by atoms with van der Waals surface area (Å²) in [5, 5.41) is 14.9. The zero-order chi connectivity index (χ0) is 19.4. The van der Waals surface area contributed by atoms with Crippen LogP contribution in [0.25, 0.3) is 10.8 Å². The van der Waals surface area contributed by atoms with E-state index in [2.05, 4.69) is 43.4 Å². The monoisotopic (exact) mass is 361 g/mol. The van der Waals surface area contributed by atoms with Crippen LogP contribution in [-0.4, -0.2) is 11.0 Å². The van der Waals surface area contributed by atoms with Crippen molar-refractivity contribution in [2.24, 2.45) is 5.92 Å². The number of amides is 1. The van der Waals surface area contributed by atoms with Crippen molar-refractivity contribution in [1.29, 1.82) is 0 Å². The molecular formula is C24H27NO2. The lowest BCUT2D eigenvalue weighted by Crippen LogP contribution is -2.13. The van der Waals surface area contributed by atoms with Crippen molar-refractivity contribution in [3.05, 3.63) is 71.3 Å². The molecule has 0 atom stereocenters. The Morgan fingerprint density at radius 2 is 1.63 bits per heavy atom. The van der Waals surface area contributed by atoms with Gasteiger partial charge >= 0.3 is 0 Å². The fourth-order valence-corrected chi connectivity index (χ4v) is 3.39. The molecule has 0 aromatic heterocycles. The fraction of sp³-hybridized carbons (Fsp3) is 0.292. The number of carbonyl (C=O) groups excluding carboxylic acids is 1. The Kier molecular flexibility index (Phi) is 5.80. The number of aryl methyl sites for hydroxylation is 2. The van der Waals surface area contributed by atoms with E-state index in [1.807, 2.05) is 37.3 Å². The summed E-state index contributed by atoms with van der Waals surface area (Å²) in [6, 6.07) is 18.0. The van der Waals surface area contributed by atoms with Gasteiger partial charge in [0.05, 0.1) is 0 Å². The van der Waals surface area contributed by atoms with Gasteiger partial charge in [0.1, 0.15) is 5.75 Å². The van der Waals surface area contributed by atoms with Crippen LogP contribution in [0, 0.1) is 12.8 Å². The second-order valence-electron chi connectivity index (χ2n) is 7.60. The van der Waals surface area contributed by atoms with Crippen molar-refractivity contribution in [3.8, 4) is 5.75 Å². The van der Waals surface area contributed by atoms with Crippen molar-refractivity contribution in [1.82, 2.24) is 0 Å². The molecule has 1 amide bonds. The van der Waals surface area contributed by atoms with Crippen molar-refractivity contribution >= 4 is 22.4 Å². The molecule has 140 valence electrons. The number of fused-ring (bicyclic) bond motifs is 1. The summed E-state index contributed by atoms with van der Waals surface area (Å²) in [7, 11) is 0. The van der Waals surface area contributed by atoms with Gasteiger partial charge in [0.25, 0.3) is 0 Å². The van der Waals surface area contributed by atoms with Gasteiger partial charge in [-0.1, -0.05) is 62.4 Å². The van der Waals surface area contributed by atoms with Crippen LogP contribution in [-0.2, 0) is 17.6 Å². The van der Waals surface area contributed by atoms with Crippen molar-refractivity contribution < 1.29 is 9.90 Å². The van der Waals surface area contributed by atoms with Crippen molar-refractivity contribution in [2.45, 2.75) is 40.0 Å². The molecule has 3 aromatic carbocycles. The first-order chi connectivity index (χ1) is 12.9. The topological polar surface area (TPSA) is 49.3 Å². The first-order valence-corrected chi connectivity index (χ1v) is 9.53. The number of carbonyl (C=O) groups is 1. The molecule has 3 heteroatoms. The van der Waals surface area contributed by atoms with Crippen molar-refractivity contribution in [3.63, 3.8) is 0 Å². The molecule has 0 unspecified atom stereocenters. The largest absolute Gasteiger partial charge is 0.507 e. The third-order valence-corrected chi connectivity index (χ3v) is 4.79. The van der Waals surface area contributed by atoms with Gasteiger partial charge in [-0.05, 0) is 48.4 Å². The molecule has 3 rings (SSSR count). The van der Waals surface area contributed by atoms with Gasteiger partial charge in [-0.25, -0.2) is 0 Å². The molecule has 27 heavy (non-hydrogen) atoms. The molecule has 0 saturated heterocycles. The number of phenolic OH excluding ortho intramolecular Hbond substituents is 1. The number of hydrogen-bond donors (Lipinski definition) is 2. The minimum absolute atomic E-state index is 0.0171. The number of hydrogen-bond acceptors (Lipinski definition) is 2. The Balaban J connectivity index is 1.66. The fourth-order valence-electron chi connectivity index (χ4n) is 3.39. The number of aromatic hydroxyl groups is 1. The molecule has 0 heterocycles. The van der Waals surface area contributed by atoms with Gasteiger partial charge < -0.3 is 10.4 Å². The first-order valence-electron chi connectivity index (χ1n) is 9.53. The van der Waals surface area contributed by atoms with Crippen LogP contribution in [0.2, 0.25) is 0 Å². The average Bonchev–Trinajstić information content (AvgIpc) is 2.65. The molecule has 2 N–H and O–H groups in total. The molecule has 3 aromatic rings. The molecule has 0 fully saturated rings. The second-order valence-corrected chi connectivity index (χ2v) is 7.60. The van der Waals surface area contributed by atoms with E-state index in [1.54, 1.807) is 0 Å². The quantitative estimate of drug-likeness (QED) is 0.560. The summed E-state index contributed by atoms with van der Waals surface area (Å²) >= 11 is 0. The van der Waals surface area contributed by atoms with E-state index in [4.69, 9.17) is 0 Å². The van der Waals surface area contributed by atoms with Crippen LogP contribution < -0.4 is 5.32 Å². The third kappa shape index (κ3) is 4.68. The minimum Gasteiger partial charge on any atom is -0.507 e. The summed E-state index contributed by atoms with van der Waals surface area (Å²) in [4.78, 5) is 12.5. The highest BCUT2D eigenvalue weighted by Gasteiger charge is 2.11. The Morgan fingerprint density at radius 3 is 2.30 bits per heavy atom. The van der Waals surface area contributed by atoms with E-state index >= 15 is 0 Å². The molecule has 0 aliphatic heterocycles. The zero-order valence-corrected chi connectivity index (χ0v) is 16.3. The summed E-state index contributed by atoms with van der Waals surface area (Å²) in [6.07, 6.45) is 2.22. The predicted octanol–water partition coefficient (Wildman–Crippen LogP) is 5.62. The lowest BCUT2D eigenvalue weighted by atomic mass is 10.0. The standard InChI is InChI=1S/C24H27NO2/c1-16(2)14-19-10-8-18(9-11-19)12-13-23(26)25-22-15-17(3)24(27)21-7-5-4-6-20(21)22/h4-11,15-16,27H,12-14H2,1-3H3,(H,25,26).